The second-order valence-corrected chi connectivity index (χ2v) is 6.58. The van der Waals surface area contributed by atoms with Crippen LogP contribution in [0.4, 0.5) is 13.2 Å². The number of carbonyl (C=O) groups is 1. The maximum atomic E-state index is 12.9. The third-order valence-corrected chi connectivity index (χ3v) is 4.77. The van der Waals surface area contributed by atoms with Gasteiger partial charge in [0.25, 0.3) is 5.91 Å². The average Bonchev–Trinajstić information content (AvgIpc) is 3.40. The summed E-state index contributed by atoms with van der Waals surface area (Å²) in [7, 11) is 0. The van der Waals surface area contributed by atoms with E-state index >= 15 is 0 Å². The lowest BCUT2D eigenvalue weighted by molar-refractivity contribution is -0.159. The number of likely N-dealkylation sites (tertiary alicyclic amines) is 1. The van der Waals surface area contributed by atoms with E-state index in [-0.39, 0.29) is 18.3 Å². The Balaban J connectivity index is 1.50. The molecule has 1 saturated heterocycles. The summed E-state index contributed by atoms with van der Waals surface area (Å²) in [6.07, 6.45) is -2.70. The quantitative estimate of drug-likeness (QED) is 0.685. The lowest BCUT2D eigenvalue weighted by atomic mass is 10.1. The predicted octanol–water partition coefficient (Wildman–Crippen LogP) is 3.21. The molecule has 1 aromatic carbocycles. The molecule has 28 heavy (non-hydrogen) atoms. The van der Waals surface area contributed by atoms with E-state index in [4.69, 9.17) is 0 Å². The Bertz CT molecular complexity index is 996. The SMILES string of the molecule is Cc1c(C(=O)N2CC[C@H](c3noc(C(F)(F)F)n3)C2)cnn1-c1ccccc1. The third kappa shape index (κ3) is 3.25. The highest BCUT2D eigenvalue weighted by molar-refractivity contribution is 5.95. The molecule has 0 bridgehead atoms. The molecule has 1 aliphatic rings. The summed E-state index contributed by atoms with van der Waals surface area (Å²) in [5, 5.41) is 7.72. The number of hydrogen-bond donors (Lipinski definition) is 0. The fourth-order valence-electron chi connectivity index (χ4n) is 3.29. The van der Waals surface area contributed by atoms with Crippen LogP contribution in [0.25, 0.3) is 5.69 Å². The first-order chi connectivity index (χ1) is 13.3. The van der Waals surface area contributed by atoms with Crippen molar-refractivity contribution in [2.24, 2.45) is 0 Å². The summed E-state index contributed by atoms with van der Waals surface area (Å²) in [5.74, 6) is -2.01. The van der Waals surface area contributed by atoms with Crippen LogP contribution < -0.4 is 0 Å². The van der Waals surface area contributed by atoms with Crippen molar-refractivity contribution in [1.29, 1.82) is 0 Å². The summed E-state index contributed by atoms with van der Waals surface area (Å²) in [6.45, 7) is 2.43. The summed E-state index contributed by atoms with van der Waals surface area (Å²) in [5.41, 5.74) is 1.98. The molecule has 0 aliphatic carbocycles. The van der Waals surface area contributed by atoms with Gasteiger partial charge in [0.05, 0.1) is 23.1 Å². The van der Waals surface area contributed by atoms with E-state index in [1.54, 1.807) is 16.5 Å². The highest BCUT2D eigenvalue weighted by Gasteiger charge is 2.40. The van der Waals surface area contributed by atoms with Gasteiger partial charge in [-0.25, -0.2) is 4.68 Å². The van der Waals surface area contributed by atoms with Crippen LogP contribution in [0.2, 0.25) is 0 Å². The van der Waals surface area contributed by atoms with Crippen LogP contribution in [0, 0.1) is 6.92 Å². The second kappa shape index (κ2) is 6.77. The molecular weight excluding hydrogens is 375 g/mol. The zero-order valence-electron chi connectivity index (χ0n) is 14.8. The van der Waals surface area contributed by atoms with Crippen molar-refractivity contribution in [1.82, 2.24) is 24.8 Å². The lowest BCUT2D eigenvalue weighted by Gasteiger charge is -2.15. The average molecular weight is 391 g/mol. The van der Waals surface area contributed by atoms with Gasteiger partial charge < -0.3 is 9.42 Å². The molecule has 1 amide bonds. The Morgan fingerprint density at radius 2 is 2.00 bits per heavy atom. The van der Waals surface area contributed by atoms with Crippen molar-refractivity contribution in [3.8, 4) is 5.69 Å². The van der Waals surface area contributed by atoms with Crippen LogP contribution in [-0.2, 0) is 6.18 Å². The molecule has 4 rings (SSSR count). The van der Waals surface area contributed by atoms with E-state index in [1.807, 2.05) is 30.3 Å². The van der Waals surface area contributed by atoms with Crippen LogP contribution in [0.1, 0.15) is 40.1 Å². The van der Waals surface area contributed by atoms with Gasteiger partial charge in [-0.3, -0.25) is 4.79 Å². The molecule has 0 N–H and O–H groups in total. The van der Waals surface area contributed by atoms with Crippen molar-refractivity contribution >= 4 is 5.91 Å². The van der Waals surface area contributed by atoms with E-state index in [1.165, 1.54) is 6.20 Å². The van der Waals surface area contributed by atoms with Crippen molar-refractivity contribution in [2.75, 3.05) is 13.1 Å². The molecule has 0 spiro atoms. The normalized spacial score (nSPS) is 17.3. The molecule has 1 fully saturated rings. The van der Waals surface area contributed by atoms with Crippen molar-refractivity contribution in [3.63, 3.8) is 0 Å². The van der Waals surface area contributed by atoms with Gasteiger partial charge in [0.1, 0.15) is 0 Å². The molecule has 0 radical (unpaired) electrons. The van der Waals surface area contributed by atoms with Crippen molar-refractivity contribution < 1.29 is 22.5 Å². The first-order valence-electron chi connectivity index (χ1n) is 8.64. The fraction of sp³-hybridized carbons (Fsp3) is 0.333. The Morgan fingerprint density at radius 3 is 2.68 bits per heavy atom. The Labute approximate surface area is 157 Å². The number of benzene rings is 1. The molecule has 0 unspecified atom stereocenters. The highest BCUT2D eigenvalue weighted by atomic mass is 19.4. The molecule has 146 valence electrons. The maximum Gasteiger partial charge on any atom is 0.471 e. The zero-order chi connectivity index (χ0) is 19.9. The van der Waals surface area contributed by atoms with Crippen LogP contribution >= 0.6 is 0 Å². The third-order valence-electron chi connectivity index (χ3n) is 4.77. The second-order valence-electron chi connectivity index (χ2n) is 6.58. The molecule has 0 saturated carbocycles. The van der Waals surface area contributed by atoms with Gasteiger partial charge in [-0.05, 0) is 25.5 Å². The zero-order valence-corrected chi connectivity index (χ0v) is 14.8. The minimum Gasteiger partial charge on any atom is -0.338 e. The molecule has 3 heterocycles. The lowest BCUT2D eigenvalue weighted by Crippen LogP contribution is -2.29. The van der Waals surface area contributed by atoms with Gasteiger partial charge in [0, 0.05) is 19.0 Å². The number of halogens is 3. The molecule has 3 aromatic rings. The number of carbonyl (C=O) groups excluding carboxylic acids is 1. The van der Waals surface area contributed by atoms with Gasteiger partial charge >= 0.3 is 12.1 Å². The number of aromatic nitrogens is 4. The molecule has 1 aliphatic heterocycles. The molecule has 10 heteroatoms. The number of rotatable bonds is 3. The maximum absolute atomic E-state index is 12.9. The minimum atomic E-state index is -4.68. The Hall–Kier alpha value is -3.17. The van der Waals surface area contributed by atoms with Crippen molar-refractivity contribution in [2.45, 2.75) is 25.4 Å². The standard InChI is InChI=1S/C18H16F3N5O2/c1-11-14(9-22-26(11)13-5-3-2-4-6-13)16(27)25-8-7-12(10-25)15-23-17(28-24-15)18(19,20)21/h2-6,9,12H,7-8,10H2,1H3/t12-/m0/s1. The Morgan fingerprint density at radius 1 is 1.25 bits per heavy atom. The van der Waals surface area contributed by atoms with Crippen LogP contribution in [0.5, 0.6) is 0 Å². The molecular formula is C18H16F3N5O2. The molecule has 1 atom stereocenters. The first kappa shape index (κ1) is 18.2. The summed E-state index contributed by atoms with van der Waals surface area (Å²) < 4.78 is 43.9. The first-order valence-corrected chi connectivity index (χ1v) is 8.64. The smallest absolute Gasteiger partial charge is 0.338 e. The van der Waals surface area contributed by atoms with Gasteiger partial charge in [0.15, 0.2) is 5.82 Å². The summed E-state index contributed by atoms with van der Waals surface area (Å²) in [4.78, 5) is 17.9. The van der Waals surface area contributed by atoms with Gasteiger partial charge in [-0.15, -0.1) is 0 Å². The van der Waals surface area contributed by atoms with Crippen LogP contribution in [-0.4, -0.2) is 43.8 Å². The summed E-state index contributed by atoms with van der Waals surface area (Å²) in [6, 6.07) is 9.41. The van der Waals surface area contributed by atoms with Crippen LogP contribution in [0.3, 0.4) is 0 Å². The van der Waals surface area contributed by atoms with E-state index in [2.05, 4.69) is 19.8 Å². The van der Waals surface area contributed by atoms with Crippen molar-refractivity contribution in [3.05, 3.63) is 59.5 Å². The van der Waals surface area contributed by atoms with Gasteiger partial charge in [-0.2, -0.15) is 23.3 Å². The number of alkyl halides is 3. The minimum absolute atomic E-state index is 0.0284. The number of para-hydroxylation sites is 1. The fourth-order valence-corrected chi connectivity index (χ4v) is 3.29. The number of hydrogen-bond acceptors (Lipinski definition) is 5. The van der Waals surface area contributed by atoms with E-state index < -0.39 is 18.0 Å². The summed E-state index contributed by atoms with van der Waals surface area (Å²) >= 11 is 0. The largest absolute Gasteiger partial charge is 0.471 e. The Kier molecular flexibility index (Phi) is 4.40. The predicted molar refractivity (Wildman–Crippen MR) is 90.9 cm³/mol. The molecule has 2 aromatic heterocycles. The van der Waals surface area contributed by atoms with E-state index in [0.717, 1.165) is 5.69 Å². The van der Waals surface area contributed by atoms with Gasteiger partial charge in [0.2, 0.25) is 0 Å². The highest BCUT2D eigenvalue weighted by Crippen LogP contribution is 2.31. The number of nitrogens with zero attached hydrogens (tertiary/aromatic N) is 5. The van der Waals surface area contributed by atoms with E-state index in [0.29, 0.717) is 24.2 Å². The van der Waals surface area contributed by atoms with Crippen LogP contribution in [0.15, 0.2) is 41.1 Å². The monoisotopic (exact) mass is 391 g/mol. The topological polar surface area (TPSA) is 77.1 Å². The van der Waals surface area contributed by atoms with E-state index in [9.17, 15) is 18.0 Å². The number of amides is 1. The molecule has 7 nitrogen and oxygen atoms in total. The van der Waals surface area contributed by atoms with Gasteiger partial charge in [-0.1, -0.05) is 23.4 Å².